The molecule has 1 atom stereocenters. The number of nitrogens with one attached hydrogen (secondary N) is 2. The lowest BCUT2D eigenvalue weighted by molar-refractivity contribution is -0.154. The van der Waals surface area contributed by atoms with Crippen LogP contribution < -0.4 is 10.6 Å². The second-order valence-electron chi connectivity index (χ2n) is 8.35. The first-order valence-corrected chi connectivity index (χ1v) is 10.5. The van der Waals surface area contributed by atoms with Crippen molar-refractivity contribution in [2.75, 3.05) is 13.2 Å². The molecule has 0 radical (unpaired) electrons. The van der Waals surface area contributed by atoms with Crippen LogP contribution in [0.15, 0.2) is 48.5 Å². The maximum Gasteiger partial charge on any atom is 0.407 e. The Morgan fingerprint density at radius 3 is 2.16 bits per heavy atom. The summed E-state index contributed by atoms with van der Waals surface area (Å²) >= 11 is 0. The number of aliphatic carboxylic acids is 1. The maximum absolute atomic E-state index is 12.3. The fraction of sp³-hybridized carbons (Fsp3) is 0.375. The van der Waals surface area contributed by atoms with Crippen molar-refractivity contribution in [3.8, 4) is 11.1 Å². The predicted molar refractivity (Wildman–Crippen MR) is 115 cm³/mol. The van der Waals surface area contributed by atoms with Crippen LogP contribution in [0.25, 0.3) is 11.1 Å². The van der Waals surface area contributed by atoms with Crippen molar-refractivity contribution in [2.45, 2.75) is 38.1 Å². The first-order valence-electron chi connectivity index (χ1n) is 10.5. The van der Waals surface area contributed by atoms with E-state index in [4.69, 9.17) is 4.74 Å². The molecule has 2 aliphatic carbocycles. The molecule has 1 fully saturated rings. The van der Waals surface area contributed by atoms with Gasteiger partial charge in [-0.25, -0.2) is 4.79 Å². The van der Waals surface area contributed by atoms with Crippen LogP contribution in [0.1, 0.15) is 43.2 Å². The molecule has 162 valence electrons. The highest BCUT2D eigenvalue weighted by Gasteiger charge is 2.44. The molecule has 31 heavy (non-hydrogen) atoms. The Balaban J connectivity index is 1.31. The van der Waals surface area contributed by atoms with Crippen LogP contribution in [-0.4, -0.2) is 42.3 Å². The Morgan fingerprint density at radius 1 is 1.06 bits per heavy atom. The van der Waals surface area contributed by atoms with Crippen LogP contribution in [0, 0.1) is 5.41 Å². The number of carboxylic acids is 1. The number of rotatable bonds is 7. The van der Waals surface area contributed by atoms with E-state index < -0.39 is 29.4 Å². The molecule has 0 spiro atoms. The quantitative estimate of drug-likeness (QED) is 0.635. The normalized spacial score (nSPS) is 16.9. The zero-order chi connectivity index (χ0) is 22.0. The van der Waals surface area contributed by atoms with Crippen molar-refractivity contribution in [3.63, 3.8) is 0 Å². The van der Waals surface area contributed by atoms with Crippen LogP contribution in [-0.2, 0) is 14.3 Å². The first kappa shape index (κ1) is 20.9. The number of carbonyl (C=O) groups is 3. The van der Waals surface area contributed by atoms with Crippen LogP contribution in [0.4, 0.5) is 4.79 Å². The first-order chi connectivity index (χ1) is 14.9. The summed E-state index contributed by atoms with van der Waals surface area (Å²) in [5.74, 6) is -1.38. The van der Waals surface area contributed by atoms with Crippen molar-refractivity contribution in [3.05, 3.63) is 59.7 Å². The van der Waals surface area contributed by atoms with Crippen molar-refractivity contribution in [1.82, 2.24) is 10.6 Å². The van der Waals surface area contributed by atoms with Crippen molar-refractivity contribution in [2.24, 2.45) is 5.41 Å². The summed E-state index contributed by atoms with van der Waals surface area (Å²) in [5, 5.41) is 14.5. The van der Waals surface area contributed by atoms with Gasteiger partial charge in [-0.1, -0.05) is 55.0 Å². The topological polar surface area (TPSA) is 105 Å². The number of amides is 2. The molecule has 0 unspecified atom stereocenters. The molecule has 7 nitrogen and oxygen atoms in total. The molecular formula is C24H26N2O5. The van der Waals surface area contributed by atoms with Gasteiger partial charge in [0, 0.05) is 12.5 Å². The van der Waals surface area contributed by atoms with Gasteiger partial charge in [0.15, 0.2) is 0 Å². The zero-order valence-electron chi connectivity index (χ0n) is 17.4. The van der Waals surface area contributed by atoms with E-state index in [1.165, 1.54) is 0 Å². The van der Waals surface area contributed by atoms with Crippen molar-refractivity contribution >= 4 is 18.0 Å². The minimum absolute atomic E-state index is 0.0590. The van der Waals surface area contributed by atoms with E-state index >= 15 is 0 Å². The number of fused-ring (bicyclic) bond motifs is 3. The Morgan fingerprint density at radius 2 is 1.65 bits per heavy atom. The van der Waals surface area contributed by atoms with E-state index in [1.54, 1.807) is 6.92 Å². The largest absolute Gasteiger partial charge is 0.481 e. The molecule has 7 heteroatoms. The molecule has 2 aromatic carbocycles. The van der Waals surface area contributed by atoms with Crippen LogP contribution in [0.5, 0.6) is 0 Å². The van der Waals surface area contributed by atoms with Crippen LogP contribution in [0.3, 0.4) is 0 Å². The van der Waals surface area contributed by atoms with E-state index in [0.29, 0.717) is 12.8 Å². The summed E-state index contributed by atoms with van der Waals surface area (Å²) in [6.07, 6.45) is 1.27. The van der Waals surface area contributed by atoms with Crippen LogP contribution in [0.2, 0.25) is 0 Å². The Labute approximate surface area is 180 Å². The molecule has 0 aromatic heterocycles. The summed E-state index contributed by atoms with van der Waals surface area (Å²) in [5.41, 5.74) is 3.63. The van der Waals surface area contributed by atoms with E-state index in [9.17, 15) is 19.5 Å². The minimum Gasteiger partial charge on any atom is -0.481 e. The van der Waals surface area contributed by atoms with Gasteiger partial charge in [0.05, 0.1) is 5.41 Å². The van der Waals surface area contributed by atoms with Gasteiger partial charge in [0.2, 0.25) is 5.91 Å². The Hall–Kier alpha value is -3.35. The highest BCUT2D eigenvalue weighted by atomic mass is 16.5. The van der Waals surface area contributed by atoms with Crippen molar-refractivity contribution < 1.29 is 24.2 Å². The number of hydrogen-bond acceptors (Lipinski definition) is 4. The summed E-state index contributed by atoms with van der Waals surface area (Å²) in [4.78, 5) is 36.0. The third-order valence-corrected chi connectivity index (χ3v) is 6.44. The summed E-state index contributed by atoms with van der Waals surface area (Å²) in [6.45, 7) is 1.78. The molecule has 0 heterocycles. The maximum atomic E-state index is 12.3. The number of hydrogen-bond donors (Lipinski definition) is 3. The average molecular weight is 422 g/mol. The molecule has 4 rings (SSSR count). The molecule has 2 aromatic rings. The lowest BCUT2D eigenvalue weighted by atomic mass is 9.69. The predicted octanol–water partition coefficient (Wildman–Crippen LogP) is 3.28. The van der Waals surface area contributed by atoms with Gasteiger partial charge in [-0.05, 0) is 42.0 Å². The van der Waals surface area contributed by atoms with Crippen molar-refractivity contribution in [1.29, 1.82) is 0 Å². The van der Waals surface area contributed by atoms with Gasteiger partial charge in [-0.15, -0.1) is 0 Å². The molecular weight excluding hydrogens is 396 g/mol. The third kappa shape index (κ3) is 4.00. The Bertz CT molecular complexity index is 969. The smallest absolute Gasteiger partial charge is 0.407 e. The molecule has 0 saturated heterocycles. The molecule has 2 aliphatic rings. The molecule has 3 N–H and O–H groups in total. The molecule has 0 aliphatic heterocycles. The van der Waals surface area contributed by atoms with Gasteiger partial charge >= 0.3 is 12.1 Å². The highest BCUT2D eigenvalue weighted by Crippen LogP contribution is 2.44. The van der Waals surface area contributed by atoms with Crippen LogP contribution >= 0.6 is 0 Å². The number of carboxylic acid groups (broad SMARTS) is 1. The van der Waals surface area contributed by atoms with Gasteiger partial charge in [-0.2, -0.15) is 0 Å². The second kappa shape index (κ2) is 8.41. The standard InChI is InChI=1S/C24H26N2O5/c1-15(21(27)25-14-24(22(28)29)11-6-12-24)26-23(30)31-13-20-18-9-4-2-7-16(18)17-8-3-5-10-19(17)20/h2-5,7-10,15,20H,6,11-14H2,1H3,(H,25,27)(H,26,30)(H,28,29)/t15-/m1/s1. The highest BCUT2D eigenvalue weighted by molar-refractivity contribution is 5.86. The van der Waals surface area contributed by atoms with E-state index in [-0.39, 0.29) is 19.1 Å². The zero-order valence-corrected chi connectivity index (χ0v) is 17.4. The average Bonchev–Trinajstić information content (AvgIpc) is 3.05. The number of ether oxygens (including phenoxy) is 1. The second-order valence-corrected chi connectivity index (χ2v) is 8.35. The fourth-order valence-electron chi connectivity index (χ4n) is 4.36. The van der Waals surface area contributed by atoms with E-state index in [0.717, 1.165) is 28.7 Å². The molecule has 1 saturated carbocycles. The lowest BCUT2D eigenvalue weighted by Gasteiger charge is -2.37. The summed E-state index contributed by atoms with van der Waals surface area (Å²) in [6, 6.07) is 15.3. The number of benzene rings is 2. The van der Waals surface area contributed by atoms with E-state index in [2.05, 4.69) is 22.8 Å². The SMILES string of the molecule is C[C@@H](NC(=O)OCC1c2ccccc2-c2ccccc21)C(=O)NCC1(C(=O)O)CCC1. The van der Waals surface area contributed by atoms with Gasteiger partial charge in [0.25, 0.3) is 0 Å². The third-order valence-electron chi connectivity index (χ3n) is 6.44. The lowest BCUT2D eigenvalue weighted by Crippen LogP contribution is -2.52. The summed E-state index contributed by atoms with van der Waals surface area (Å²) < 4.78 is 5.45. The van der Waals surface area contributed by atoms with E-state index in [1.807, 2.05) is 36.4 Å². The fourth-order valence-corrected chi connectivity index (χ4v) is 4.36. The van der Waals surface area contributed by atoms with Gasteiger partial charge in [-0.3, -0.25) is 9.59 Å². The monoisotopic (exact) mass is 422 g/mol. The Kier molecular flexibility index (Phi) is 5.67. The van der Waals surface area contributed by atoms with Gasteiger partial charge < -0.3 is 20.5 Å². The number of carbonyl (C=O) groups excluding carboxylic acids is 2. The number of alkyl carbamates (subject to hydrolysis) is 1. The van der Waals surface area contributed by atoms with Gasteiger partial charge in [0.1, 0.15) is 12.6 Å². The minimum atomic E-state index is -0.892. The summed E-state index contributed by atoms with van der Waals surface area (Å²) in [7, 11) is 0. The molecule has 2 amide bonds. The molecule has 0 bridgehead atoms.